The third-order valence-electron chi connectivity index (χ3n) is 6.87. The average Bonchev–Trinajstić information content (AvgIpc) is 3.51. The maximum Gasteiger partial charge on any atom is 0.358 e. The minimum Gasteiger partial charge on any atom is -0.506 e. The molecule has 27 heteroatoms. The minimum absolute atomic E-state index is 0.0141. The lowest BCUT2D eigenvalue weighted by atomic mass is 10.1. The lowest BCUT2D eigenvalue weighted by Crippen LogP contribution is -2.02. The van der Waals surface area contributed by atoms with E-state index in [4.69, 9.17) is 19.4 Å². The Morgan fingerprint density at radius 3 is 2.23 bits per heavy atom. The Labute approximate surface area is 324 Å². The number of benzene rings is 4. The van der Waals surface area contributed by atoms with E-state index in [-0.39, 0.29) is 49.4 Å². The summed E-state index contributed by atoms with van der Waals surface area (Å²) in [6, 6.07) is 12.3. The molecule has 0 aliphatic carbocycles. The molecule has 0 amide bonds. The molecule has 1 heterocycles. The van der Waals surface area contributed by atoms with Gasteiger partial charge in [-0.1, -0.05) is 16.1 Å². The maximum atomic E-state index is 12.0. The van der Waals surface area contributed by atoms with E-state index in [0.29, 0.717) is 41.5 Å². The highest BCUT2D eigenvalue weighted by Crippen LogP contribution is 2.46. The first kappa shape index (κ1) is 41.6. The molecule has 0 unspecified atom stereocenters. The largest absolute Gasteiger partial charge is 0.506 e. The Kier molecular flexibility index (Phi) is 13.6. The predicted molar refractivity (Wildman–Crippen MR) is 190 cm³/mol. The van der Waals surface area contributed by atoms with Crippen LogP contribution < -0.4 is 4.74 Å². The first-order valence-electron chi connectivity index (χ1n) is 14.5. The zero-order chi connectivity index (χ0) is 40.6. The number of rotatable bonds is 17. The van der Waals surface area contributed by atoms with Crippen molar-refractivity contribution in [1.29, 1.82) is 0 Å². The number of aromatic carboxylic acids is 1. The number of aromatic hydroxyl groups is 3. The monoisotopic (exact) mass is 854 g/mol. The fourth-order valence-electron chi connectivity index (χ4n) is 4.44. The lowest BCUT2D eigenvalue weighted by Gasteiger charge is -2.11. The number of nitrogens with zero attached hydrogens (tertiary/aromatic N) is 6. The number of phenolic OH excluding ortho intramolecular Hbond substituents is 2. The third-order valence-corrected chi connectivity index (χ3v) is 9.64. The van der Waals surface area contributed by atoms with Crippen LogP contribution in [0.25, 0.3) is 16.5 Å². The Morgan fingerprint density at radius 2 is 1.57 bits per heavy atom. The molecule has 5 rings (SSSR count). The molecule has 0 saturated carbocycles. The van der Waals surface area contributed by atoms with Crippen LogP contribution in [0, 0.1) is 0 Å². The molecule has 0 aliphatic rings. The van der Waals surface area contributed by atoms with E-state index in [1.807, 2.05) is 0 Å². The van der Waals surface area contributed by atoms with Gasteiger partial charge in [0.25, 0.3) is 10.1 Å². The number of carboxylic acids is 1. The topological polar surface area (TPSA) is 333 Å². The second kappa shape index (κ2) is 18.4. The van der Waals surface area contributed by atoms with Gasteiger partial charge in [0.1, 0.15) is 40.7 Å². The van der Waals surface area contributed by atoms with Crippen molar-refractivity contribution in [2.24, 2.45) is 20.5 Å². The molecule has 5 aromatic rings. The van der Waals surface area contributed by atoms with Gasteiger partial charge in [-0.15, -0.1) is 24.0 Å². The van der Waals surface area contributed by atoms with Crippen molar-refractivity contribution in [3.8, 4) is 28.8 Å². The second-order valence-corrected chi connectivity index (χ2v) is 13.8. The lowest BCUT2D eigenvalue weighted by molar-refractivity contribution is -0.432. The number of methoxy groups -OCH3 is 1. The molecule has 0 bridgehead atoms. The van der Waals surface area contributed by atoms with E-state index in [0.717, 1.165) is 35.0 Å². The number of carbonyl (C=O) groups is 2. The highest BCUT2D eigenvalue weighted by molar-refractivity contribution is 7.96. The molecule has 7 N–H and O–H groups in total. The number of phenols is 2. The highest BCUT2D eigenvalue weighted by Gasteiger charge is 2.25. The fourth-order valence-corrected chi connectivity index (χ4v) is 6.37. The van der Waals surface area contributed by atoms with Gasteiger partial charge in [-0.2, -0.15) is 23.3 Å². The Hall–Kier alpha value is -5.59. The summed E-state index contributed by atoms with van der Waals surface area (Å²) in [4.78, 5) is 23.5. The summed E-state index contributed by atoms with van der Waals surface area (Å²) in [7, 11) is -3.25. The van der Waals surface area contributed by atoms with Gasteiger partial charge in [0.05, 0.1) is 45.2 Å². The van der Waals surface area contributed by atoms with Gasteiger partial charge in [0.15, 0.2) is 11.4 Å². The molecule has 0 atom stereocenters. The fraction of sp³-hybridized carbons (Fsp3) is 0.0690. The predicted octanol–water partition coefficient (Wildman–Crippen LogP) is 6.97. The molecule has 4 aromatic carbocycles. The van der Waals surface area contributed by atoms with Gasteiger partial charge in [0.2, 0.25) is 11.6 Å². The normalized spacial score (nSPS) is 11.9. The SMILES string of the molecule is COc1cc(N=Nc2c(SOOO)cc3ccc(N=Nc4c(C(=O)O)nn(-c5ccc(S(=O)(=O)O)cc5)c4O)cc3c2O)c(O)cc1SOC(=O)CSOOO. The van der Waals surface area contributed by atoms with E-state index in [1.165, 1.54) is 37.4 Å². The average molecular weight is 855 g/mol. The molecule has 1 aromatic heterocycles. The van der Waals surface area contributed by atoms with Crippen molar-refractivity contribution in [3.05, 3.63) is 66.4 Å². The summed E-state index contributed by atoms with van der Waals surface area (Å²) in [6.07, 6.45) is 0. The van der Waals surface area contributed by atoms with Crippen molar-refractivity contribution < 1.29 is 81.2 Å². The molecule has 0 fully saturated rings. The molecule has 294 valence electrons. The Morgan fingerprint density at radius 1 is 0.857 bits per heavy atom. The molecule has 56 heavy (non-hydrogen) atoms. The van der Waals surface area contributed by atoms with E-state index in [1.54, 1.807) is 0 Å². The van der Waals surface area contributed by atoms with Crippen LogP contribution in [-0.4, -0.2) is 78.5 Å². The number of hydrogen-bond donors (Lipinski definition) is 7. The summed E-state index contributed by atoms with van der Waals surface area (Å²) < 4.78 is 51.7. The Balaban J connectivity index is 1.47. The minimum atomic E-state index is -4.53. The van der Waals surface area contributed by atoms with Crippen molar-refractivity contribution in [2.75, 3.05) is 12.9 Å². The van der Waals surface area contributed by atoms with Crippen LogP contribution in [0.4, 0.5) is 22.7 Å². The van der Waals surface area contributed by atoms with Crippen molar-refractivity contribution >= 4 is 91.7 Å². The number of ether oxygens (including phenoxy) is 1. The van der Waals surface area contributed by atoms with Crippen LogP contribution in [0.1, 0.15) is 10.5 Å². The summed E-state index contributed by atoms with van der Waals surface area (Å²) in [5.74, 6) is -4.43. The molecule has 0 radical (unpaired) electrons. The smallest absolute Gasteiger partial charge is 0.358 e. The molecule has 0 spiro atoms. The summed E-state index contributed by atoms with van der Waals surface area (Å²) in [5, 5.41) is 86.7. The number of aromatic nitrogens is 2. The van der Waals surface area contributed by atoms with E-state index >= 15 is 0 Å². The number of azo groups is 2. The molecule has 0 saturated heterocycles. The number of hydrogen-bond acceptors (Lipinski definition) is 23. The maximum absolute atomic E-state index is 12.0. The first-order valence-corrected chi connectivity index (χ1v) is 18.4. The van der Waals surface area contributed by atoms with Gasteiger partial charge < -0.3 is 29.3 Å². The third kappa shape index (κ3) is 9.79. The standard InChI is InChI=1S/C29H22N6O17S4/c1-47-20-10-18(19(36)11-21(20)54-48-23(37)12-53-51-49-42)31-32-24-22(55-52-50-43)8-13-2-3-14(9-17(13)27(24)38)30-33-25-26(29(40)41)34-35(28(25)39)15-4-6-16(7-5-15)56(44,45)46/h2-11,36,38-39,42-43H,12H2,1H3,(H,40,41)(H,44,45,46). The van der Waals surface area contributed by atoms with Gasteiger partial charge in [-0.05, 0) is 47.9 Å². The van der Waals surface area contributed by atoms with Gasteiger partial charge >= 0.3 is 11.9 Å². The quantitative estimate of drug-likeness (QED) is 0.0124. The zero-order valence-corrected chi connectivity index (χ0v) is 30.8. The molecule has 0 aliphatic heterocycles. The van der Waals surface area contributed by atoms with Crippen LogP contribution in [0.2, 0.25) is 0 Å². The van der Waals surface area contributed by atoms with Crippen LogP contribution in [0.15, 0.2) is 95.8 Å². The van der Waals surface area contributed by atoms with Crippen molar-refractivity contribution in [3.63, 3.8) is 0 Å². The van der Waals surface area contributed by atoms with E-state index in [9.17, 15) is 43.0 Å². The van der Waals surface area contributed by atoms with E-state index < -0.39 is 55.7 Å². The first-order chi connectivity index (χ1) is 26.7. The van der Waals surface area contributed by atoms with Crippen molar-refractivity contribution in [1.82, 2.24) is 9.78 Å². The number of fused-ring (bicyclic) bond motifs is 1. The summed E-state index contributed by atoms with van der Waals surface area (Å²) in [6.45, 7) is 0. The molecule has 23 nitrogen and oxygen atoms in total. The van der Waals surface area contributed by atoms with Crippen molar-refractivity contribution in [2.45, 2.75) is 14.7 Å². The summed E-state index contributed by atoms with van der Waals surface area (Å²) >= 11 is 1.41. The zero-order valence-electron chi connectivity index (χ0n) is 27.5. The Bertz CT molecular complexity index is 2450. The highest BCUT2D eigenvalue weighted by atomic mass is 32.2. The van der Waals surface area contributed by atoms with Crippen LogP contribution >= 0.6 is 36.1 Å². The van der Waals surface area contributed by atoms with Crippen LogP contribution in [0.3, 0.4) is 0 Å². The van der Waals surface area contributed by atoms with Crippen LogP contribution in [-0.2, 0) is 37.8 Å². The number of carboxylic acid groups (broad SMARTS) is 1. The summed E-state index contributed by atoms with van der Waals surface area (Å²) in [5.41, 5.74) is -1.71. The van der Waals surface area contributed by atoms with Crippen LogP contribution in [0.5, 0.6) is 23.1 Å². The van der Waals surface area contributed by atoms with E-state index in [2.05, 4.69) is 44.3 Å². The molecular weight excluding hydrogens is 833 g/mol. The van der Waals surface area contributed by atoms with Gasteiger partial charge in [0, 0.05) is 29.6 Å². The van der Waals surface area contributed by atoms with Gasteiger partial charge in [-0.25, -0.2) is 15.3 Å². The second-order valence-electron chi connectivity index (χ2n) is 10.2. The molecular formula is C29H22N6O17S4. The van der Waals surface area contributed by atoms with Gasteiger partial charge in [-0.3, -0.25) is 9.35 Å². The number of carbonyl (C=O) groups excluding carboxylic acids is 1.